The standard InChI is InChI=1S/C17H18FN5O2/c1-17(25,12-7-21-23(2)9-12)10-19-16(24)14-8-20-22-15(14)11-3-5-13(18)6-4-11/h3-9,25H,10H2,1-2H3,(H,19,24)(H,20,22). The van der Waals surface area contributed by atoms with Crippen molar-refractivity contribution < 1.29 is 14.3 Å². The molecule has 3 N–H and O–H groups in total. The first-order chi connectivity index (χ1) is 11.9. The van der Waals surface area contributed by atoms with E-state index in [-0.39, 0.29) is 12.4 Å². The van der Waals surface area contributed by atoms with Gasteiger partial charge < -0.3 is 10.4 Å². The number of aryl methyl sites for hydroxylation is 1. The number of carbonyl (C=O) groups is 1. The maximum Gasteiger partial charge on any atom is 0.255 e. The van der Waals surface area contributed by atoms with Crippen LogP contribution in [0.25, 0.3) is 11.3 Å². The first-order valence-corrected chi connectivity index (χ1v) is 7.66. The Morgan fingerprint density at radius 1 is 1.36 bits per heavy atom. The van der Waals surface area contributed by atoms with Crippen molar-refractivity contribution in [3.05, 3.63) is 59.8 Å². The molecule has 2 aromatic heterocycles. The van der Waals surface area contributed by atoms with E-state index >= 15 is 0 Å². The molecule has 25 heavy (non-hydrogen) atoms. The van der Waals surface area contributed by atoms with Gasteiger partial charge in [-0.05, 0) is 31.2 Å². The van der Waals surface area contributed by atoms with Crippen LogP contribution in [-0.2, 0) is 12.6 Å². The smallest absolute Gasteiger partial charge is 0.255 e. The highest BCUT2D eigenvalue weighted by molar-refractivity contribution is 5.99. The van der Waals surface area contributed by atoms with Crippen molar-refractivity contribution in [1.82, 2.24) is 25.3 Å². The molecule has 1 aromatic carbocycles. The normalized spacial score (nSPS) is 13.4. The van der Waals surface area contributed by atoms with Gasteiger partial charge in [0.15, 0.2) is 0 Å². The summed E-state index contributed by atoms with van der Waals surface area (Å²) in [5.41, 5.74) is 0.778. The summed E-state index contributed by atoms with van der Waals surface area (Å²) in [7, 11) is 1.75. The fourth-order valence-corrected chi connectivity index (χ4v) is 2.44. The van der Waals surface area contributed by atoms with E-state index in [1.807, 2.05) is 0 Å². The zero-order valence-electron chi connectivity index (χ0n) is 13.8. The van der Waals surface area contributed by atoms with Crippen molar-refractivity contribution in [3.8, 4) is 11.3 Å². The molecular weight excluding hydrogens is 325 g/mol. The number of aliphatic hydroxyl groups is 1. The summed E-state index contributed by atoms with van der Waals surface area (Å²) in [4.78, 5) is 12.5. The van der Waals surface area contributed by atoms with Crippen molar-refractivity contribution in [2.24, 2.45) is 7.05 Å². The number of benzene rings is 1. The van der Waals surface area contributed by atoms with E-state index in [1.54, 1.807) is 43.2 Å². The minimum Gasteiger partial charge on any atom is -0.383 e. The molecule has 0 aliphatic rings. The molecule has 0 saturated carbocycles. The summed E-state index contributed by atoms with van der Waals surface area (Å²) >= 11 is 0. The molecule has 130 valence electrons. The Balaban J connectivity index is 1.74. The SMILES string of the molecule is Cn1cc(C(C)(O)CNC(=O)c2cn[nH]c2-c2ccc(F)cc2)cn1. The Hall–Kier alpha value is -3.00. The number of carbonyl (C=O) groups excluding carboxylic acids is 1. The lowest BCUT2D eigenvalue weighted by atomic mass is 9.99. The van der Waals surface area contributed by atoms with Crippen molar-refractivity contribution in [2.75, 3.05) is 6.54 Å². The molecule has 7 nitrogen and oxygen atoms in total. The number of halogens is 1. The van der Waals surface area contributed by atoms with Gasteiger partial charge in [-0.25, -0.2) is 4.39 Å². The van der Waals surface area contributed by atoms with Gasteiger partial charge in [-0.2, -0.15) is 10.2 Å². The lowest BCUT2D eigenvalue weighted by molar-refractivity contribution is 0.0526. The molecule has 0 saturated heterocycles. The molecule has 0 aliphatic carbocycles. The van der Waals surface area contributed by atoms with E-state index in [2.05, 4.69) is 20.6 Å². The van der Waals surface area contributed by atoms with Crippen LogP contribution in [0.4, 0.5) is 4.39 Å². The Bertz CT molecular complexity index is 883. The maximum atomic E-state index is 13.1. The van der Waals surface area contributed by atoms with E-state index in [0.717, 1.165) is 0 Å². The molecular formula is C17H18FN5O2. The molecule has 0 bridgehead atoms. The van der Waals surface area contributed by atoms with Crippen molar-refractivity contribution in [1.29, 1.82) is 0 Å². The summed E-state index contributed by atoms with van der Waals surface area (Å²) in [5, 5.41) is 23.9. The van der Waals surface area contributed by atoms with Crippen LogP contribution in [-0.4, -0.2) is 37.5 Å². The van der Waals surface area contributed by atoms with Gasteiger partial charge in [0.05, 0.1) is 30.2 Å². The van der Waals surface area contributed by atoms with Crippen LogP contribution in [0.3, 0.4) is 0 Å². The fourth-order valence-electron chi connectivity index (χ4n) is 2.44. The lowest BCUT2D eigenvalue weighted by Gasteiger charge is -2.22. The molecule has 1 unspecified atom stereocenters. The van der Waals surface area contributed by atoms with Crippen LogP contribution in [0.1, 0.15) is 22.8 Å². The Labute approximate surface area is 143 Å². The second kappa shape index (κ2) is 6.48. The molecule has 3 rings (SSSR count). The topological polar surface area (TPSA) is 95.8 Å². The van der Waals surface area contributed by atoms with E-state index in [0.29, 0.717) is 22.4 Å². The summed E-state index contributed by atoms with van der Waals surface area (Å²) in [6.07, 6.45) is 4.63. The number of aromatic nitrogens is 4. The van der Waals surface area contributed by atoms with Crippen LogP contribution < -0.4 is 5.32 Å². The van der Waals surface area contributed by atoms with Gasteiger partial charge in [0.1, 0.15) is 11.4 Å². The van der Waals surface area contributed by atoms with Gasteiger partial charge in [-0.1, -0.05) is 0 Å². The van der Waals surface area contributed by atoms with E-state index in [1.165, 1.54) is 18.3 Å². The fraction of sp³-hybridized carbons (Fsp3) is 0.235. The number of rotatable bonds is 5. The molecule has 2 heterocycles. The third-order valence-electron chi connectivity index (χ3n) is 3.94. The highest BCUT2D eigenvalue weighted by Gasteiger charge is 2.26. The van der Waals surface area contributed by atoms with E-state index < -0.39 is 11.5 Å². The summed E-state index contributed by atoms with van der Waals surface area (Å²) < 4.78 is 14.6. The average molecular weight is 343 g/mol. The Kier molecular flexibility index (Phi) is 4.37. The molecule has 3 aromatic rings. The number of nitrogens with one attached hydrogen (secondary N) is 2. The molecule has 1 amide bonds. The van der Waals surface area contributed by atoms with Crippen molar-refractivity contribution in [3.63, 3.8) is 0 Å². The van der Waals surface area contributed by atoms with Crippen LogP contribution in [0.15, 0.2) is 42.9 Å². The molecule has 0 aliphatic heterocycles. The van der Waals surface area contributed by atoms with Gasteiger partial charge in [-0.3, -0.25) is 14.6 Å². The monoisotopic (exact) mass is 343 g/mol. The number of nitrogens with zero attached hydrogens (tertiary/aromatic N) is 3. The number of hydrogen-bond acceptors (Lipinski definition) is 4. The Morgan fingerprint density at radius 2 is 2.08 bits per heavy atom. The third kappa shape index (κ3) is 3.58. The minimum absolute atomic E-state index is 0.00552. The molecule has 0 radical (unpaired) electrons. The van der Waals surface area contributed by atoms with Gasteiger partial charge in [0.2, 0.25) is 0 Å². The maximum absolute atomic E-state index is 13.1. The molecule has 1 atom stereocenters. The van der Waals surface area contributed by atoms with Crippen LogP contribution >= 0.6 is 0 Å². The lowest BCUT2D eigenvalue weighted by Crippen LogP contribution is -2.38. The highest BCUT2D eigenvalue weighted by atomic mass is 19.1. The van der Waals surface area contributed by atoms with Crippen LogP contribution in [0.2, 0.25) is 0 Å². The first kappa shape index (κ1) is 16.8. The molecule has 8 heteroatoms. The number of aromatic amines is 1. The number of hydrogen-bond donors (Lipinski definition) is 3. The van der Waals surface area contributed by atoms with Crippen LogP contribution in [0, 0.1) is 5.82 Å². The first-order valence-electron chi connectivity index (χ1n) is 7.66. The minimum atomic E-state index is -1.26. The highest BCUT2D eigenvalue weighted by Crippen LogP contribution is 2.22. The second-order valence-electron chi connectivity index (χ2n) is 6.02. The molecule has 0 fully saturated rings. The van der Waals surface area contributed by atoms with Gasteiger partial charge >= 0.3 is 0 Å². The predicted molar refractivity (Wildman–Crippen MR) is 89.1 cm³/mol. The zero-order valence-corrected chi connectivity index (χ0v) is 13.8. The predicted octanol–water partition coefficient (Wildman–Crippen LogP) is 1.59. The summed E-state index contributed by atoms with van der Waals surface area (Å²) in [6, 6.07) is 5.74. The molecule has 0 spiro atoms. The summed E-state index contributed by atoms with van der Waals surface area (Å²) in [6.45, 7) is 1.60. The van der Waals surface area contributed by atoms with E-state index in [9.17, 15) is 14.3 Å². The third-order valence-corrected chi connectivity index (χ3v) is 3.94. The van der Waals surface area contributed by atoms with Crippen molar-refractivity contribution in [2.45, 2.75) is 12.5 Å². The number of amides is 1. The quantitative estimate of drug-likeness (QED) is 0.655. The van der Waals surface area contributed by atoms with Gasteiger partial charge in [-0.15, -0.1) is 0 Å². The largest absolute Gasteiger partial charge is 0.383 e. The summed E-state index contributed by atoms with van der Waals surface area (Å²) in [5.74, 6) is -0.751. The van der Waals surface area contributed by atoms with Gasteiger partial charge in [0.25, 0.3) is 5.91 Å². The van der Waals surface area contributed by atoms with Crippen molar-refractivity contribution >= 4 is 5.91 Å². The van der Waals surface area contributed by atoms with E-state index in [4.69, 9.17) is 0 Å². The Morgan fingerprint density at radius 3 is 2.72 bits per heavy atom. The second-order valence-corrected chi connectivity index (χ2v) is 6.02. The average Bonchev–Trinajstić information content (AvgIpc) is 3.23. The number of H-pyrrole nitrogens is 1. The van der Waals surface area contributed by atoms with Crippen LogP contribution in [0.5, 0.6) is 0 Å². The van der Waals surface area contributed by atoms with Gasteiger partial charge in [0, 0.05) is 24.4 Å². The zero-order chi connectivity index (χ0) is 18.0.